The Morgan fingerprint density at radius 1 is 1.00 bits per heavy atom. The number of carbonyl (C=O) groups excluding carboxylic acids is 4. The van der Waals surface area contributed by atoms with E-state index in [9.17, 15) is 28.8 Å². The number of imide groups is 1. The normalized spacial score (nSPS) is 15.4. The lowest BCUT2D eigenvalue weighted by Gasteiger charge is -2.22. The van der Waals surface area contributed by atoms with Crippen LogP contribution in [-0.4, -0.2) is 75.9 Å². The molecule has 1 aliphatic heterocycles. The van der Waals surface area contributed by atoms with Gasteiger partial charge in [0.1, 0.15) is 6.04 Å². The summed E-state index contributed by atoms with van der Waals surface area (Å²) in [7, 11) is 0. The van der Waals surface area contributed by atoms with Crippen molar-refractivity contribution in [2.45, 2.75) is 37.8 Å². The van der Waals surface area contributed by atoms with Crippen molar-refractivity contribution >= 4 is 35.6 Å². The average molecular weight is 398 g/mol. The third kappa shape index (κ3) is 7.53. The van der Waals surface area contributed by atoms with Crippen molar-refractivity contribution in [3.05, 3.63) is 12.2 Å². The molecule has 1 rings (SSSR count). The third-order valence-corrected chi connectivity index (χ3v) is 3.88. The molecule has 0 bridgehead atoms. The van der Waals surface area contributed by atoms with Crippen molar-refractivity contribution in [3.8, 4) is 0 Å². The third-order valence-electron chi connectivity index (χ3n) is 3.88. The molecular formula is C16H22N4O8. The number of nitrogens with zero attached hydrogens (tertiary/aromatic N) is 1. The van der Waals surface area contributed by atoms with E-state index in [-0.39, 0.29) is 32.4 Å². The summed E-state index contributed by atoms with van der Waals surface area (Å²) in [5.41, 5.74) is 5.07. The zero-order valence-corrected chi connectivity index (χ0v) is 14.9. The molecule has 0 spiro atoms. The number of hydrogen-bond donors (Lipinski definition) is 5. The predicted molar refractivity (Wildman–Crippen MR) is 92.5 cm³/mol. The number of nitrogens with two attached hydrogens (primary N) is 1. The molecule has 28 heavy (non-hydrogen) atoms. The largest absolute Gasteiger partial charge is 0.481 e. The number of hydrogen-bond acceptors (Lipinski definition) is 7. The van der Waals surface area contributed by atoms with Crippen LogP contribution in [0.4, 0.5) is 0 Å². The van der Waals surface area contributed by atoms with Crippen molar-refractivity contribution in [2.24, 2.45) is 5.73 Å². The van der Waals surface area contributed by atoms with Gasteiger partial charge in [-0.3, -0.25) is 28.9 Å². The van der Waals surface area contributed by atoms with Crippen molar-refractivity contribution in [2.75, 3.05) is 13.1 Å². The minimum Gasteiger partial charge on any atom is -0.481 e. The van der Waals surface area contributed by atoms with E-state index in [1.807, 2.05) is 0 Å². The summed E-state index contributed by atoms with van der Waals surface area (Å²) in [6.07, 6.45) is 1.23. The standard InChI is InChI=1S/C16H22N4O8/c17-11(21)3-1-9(18-7-8-20-12(22)4-5-13(20)23)15(26)19-10(16(27)28)2-6-14(24)25/h4-5,9-10,18H,1-3,6-8H2,(H2,17,21)(H,19,26)(H,24,25)(H,27,28)/t9-,10+/m0/s1. The predicted octanol–water partition coefficient (Wildman–Crippen LogP) is -2.43. The molecule has 0 radical (unpaired) electrons. The minimum absolute atomic E-state index is 0.0167. The Balaban J connectivity index is 2.67. The highest BCUT2D eigenvalue weighted by Gasteiger charge is 2.27. The quantitative estimate of drug-likeness (QED) is 0.209. The van der Waals surface area contributed by atoms with Crippen LogP contribution < -0.4 is 16.4 Å². The van der Waals surface area contributed by atoms with Gasteiger partial charge in [0.15, 0.2) is 0 Å². The summed E-state index contributed by atoms with van der Waals surface area (Å²) >= 11 is 0. The van der Waals surface area contributed by atoms with Gasteiger partial charge in [-0.25, -0.2) is 4.79 Å². The fourth-order valence-electron chi connectivity index (χ4n) is 2.41. The first-order valence-corrected chi connectivity index (χ1v) is 8.42. The van der Waals surface area contributed by atoms with Crippen LogP contribution in [0.2, 0.25) is 0 Å². The second-order valence-corrected chi connectivity index (χ2v) is 6.00. The van der Waals surface area contributed by atoms with Crippen LogP contribution in [0.1, 0.15) is 25.7 Å². The van der Waals surface area contributed by atoms with E-state index in [2.05, 4.69) is 10.6 Å². The van der Waals surface area contributed by atoms with Crippen LogP contribution in [-0.2, 0) is 28.8 Å². The molecule has 0 saturated heterocycles. The zero-order valence-electron chi connectivity index (χ0n) is 14.9. The summed E-state index contributed by atoms with van der Waals surface area (Å²) in [5.74, 6) is -5.04. The summed E-state index contributed by atoms with van der Waals surface area (Å²) < 4.78 is 0. The number of aliphatic carboxylic acids is 2. The average Bonchev–Trinajstić information content (AvgIpc) is 2.92. The van der Waals surface area contributed by atoms with E-state index >= 15 is 0 Å². The first-order valence-electron chi connectivity index (χ1n) is 8.42. The first kappa shape index (κ1) is 22.8. The number of primary amides is 1. The van der Waals surface area contributed by atoms with Gasteiger partial charge in [0.2, 0.25) is 11.8 Å². The molecule has 1 aliphatic rings. The van der Waals surface area contributed by atoms with Gasteiger partial charge in [0, 0.05) is 38.1 Å². The SMILES string of the molecule is NC(=O)CC[C@H](NCCN1C(=O)C=CC1=O)C(=O)N[C@H](CCC(=O)O)C(=O)O. The molecule has 154 valence electrons. The molecule has 2 atom stereocenters. The zero-order chi connectivity index (χ0) is 21.3. The number of carboxylic acids is 2. The van der Waals surface area contributed by atoms with E-state index in [1.165, 1.54) is 0 Å². The summed E-state index contributed by atoms with van der Waals surface area (Å²) in [6, 6.07) is -2.45. The van der Waals surface area contributed by atoms with Gasteiger partial charge in [-0.05, 0) is 12.8 Å². The van der Waals surface area contributed by atoms with Crippen LogP contribution in [0.15, 0.2) is 12.2 Å². The Labute approximate surface area is 159 Å². The maximum atomic E-state index is 12.4. The lowest BCUT2D eigenvalue weighted by molar-refractivity contribution is -0.143. The Hall–Kier alpha value is -3.28. The molecule has 0 fully saturated rings. The lowest BCUT2D eigenvalue weighted by Crippen LogP contribution is -2.51. The molecule has 12 heteroatoms. The number of rotatable bonds is 13. The highest BCUT2D eigenvalue weighted by atomic mass is 16.4. The van der Waals surface area contributed by atoms with Crippen molar-refractivity contribution < 1.29 is 39.0 Å². The van der Waals surface area contributed by atoms with E-state index in [4.69, 9.17) is 15.9 Å². The van der Waals surface area contributed by atoms with E-state index in [0.29, 0.717) is 0 Å². The number of nitrogens with one attached hydrogen (secondary N) is 2. The lowest BCUT2D eigenvalue weighted by atomic mass is 10.1. The first-order chi connectivity index (χ1) is 13.1. The van der Waals surface area contributed by atoms with Crippen molar-refractivity contribution in [1.82, 2.24) is 15.5 Å². The van der Waals surface area contributed by atoms with Crippen LogP contribution in [0.25, 0.3) is 0 Å². The highest BCUT2D eigenvalue weighted by Crippen LogP contribution is 2.05. The second kappa shape index (κ2) is 10.8. The molecule has 0 aromatic heterocycles. The topological polar surface area (TPSA) is 196 Å². The monoisotopic (exact) mass is 398 g/mol. The minimum atomic E-state index is -1.42. The molecule has 0 saturated carbocycles. The number of carboxylic acid groups (broad SMARTS) is 2. The molecule has 0 unspecified atom stereocenters. The van der Waals surface area contributed by atoms with Crippen LogP contribution in [0, 0.1) is 0 Å². The molecule has 0 aliphatic carbocycles. The molecule has 6 N–H and O–H groups in total. The maximum Gasteiger partial charge on any atom is 0.326 e. The fraction of sp³-hybridized carbons (Fsp3) is 0.500. The molecule has 1 heterocycles. The van der Waals surface area contributed by atoms with E-state index in [0.717, 1.165) is 17.1 Å². The van der Waals surface area contributed by atoms with Gasteiger partial charge in [0.05, 0.1) is 6.04 Å². The second-order valence-electron chi connectivity index (χ2n) is 6.00. The Bertz CT molecular complexity index is 672. The van der Waals surface area contributed by atoms with Crippen LogP contribution in [0.5, 0.6) is 0 Å². The van der Waals surface area contributed by atoms with Gasteiger partial charge >= 0.3 is 11.9 Å². The van der Waals surface area contributed by atoms with Gasteiger partial charge in [-0.2, -0.15) is 0 Å². The Kier molecular flexibility index (Phi) is 8.75. The van der Waals surface area contributed by atoms with Gasteiger partial charge in [-0.1, -0.05) is 0 Å². The van der Waals surface area contributed by atoms with E-state index in [1.54, 1.807) is 0 Å². The van der Waals surface area contributed by atoms with Crippen LogP contribution in [0.3, 0.4) is 0 Å². The molecule has 4 amide bonds. The summed E-state index contributed by atoms with van der Waals surface area (Å²) in [4.78, 5) is 69.1. The van der Waals surface area contributed by atoms with Crippen molar-refractivity contribution in [1.29, 1.82) is 0 Å². The number of amides is 4. The van der Waals surface area contributed by atoms with Gasteiger partial charge in [-0.15, -0.1) is 0 Å². The van der Waals surface area contributed by atoms with Crippen LogP contribution >= 0.6 is 0 Å². The Morgan fingerprint density at radius 2 is 1.57 bits per heavy atom. The Morgan fingerprint density at radius 3 is 2.07 bits per heavy atom. The van der Waals surface area contributed by atoms with E-state index < -0.39 is 54.1 Å². The van der Waals surface area contributed by atoms with Crippen molar-refractivity contribution in [3.63, 3.8) is 0 Å². The molecule has 12 nitrogen and oxygen atoms in total. The molecule has 0 aromatic carbocycles. The fourth-order valence-corrected chi connectivity index (χ4v) is 2.41. The highest BCUT2D eigenvalue weighted by molar-refractivity contribution is 6.12. The van der Waals surface area contributed by atoms with Gasteiger partial charge < -0.3 is 26.6 Å². The molecular weight excluding hydrogens is 376 g/mol. The maximum absolute atomic E-state index is 12.4. The smallest absolute Gasteiger partial charge is 0.326 e. The number of carbonyl (C=O) groups is 6. The summed E-state index contributed by atoms with van der Waals surface area (Å²) in [6.45, 7) is -0.0186. The summed E-state index contributed by atoms with van der Waals surface area (Å²) in [5, 5.41) is 22.7. The van der Waals surface area contributed by atoms with Gasteiger partial charge in [0.25, 0.3) is 11.8 Å². The molecule has 0 aromatic rings.